The van der Waals surface area contributed by atoms with Crippen molar-refractivity contribution in [2.75, 3.05) is 11.5 Å². The van der Waals surface area contributed by atoms with Crippen LogP contribution in [0, 0.1) is 0 Å². The summed E-state index contributed by atoms with van der Waals surface area (Å²) in [4.78, 5) is 8.41. The van der Waals surface area contributed by atoms with Gasteiger partial charge in [-0.05, 0) is 23.6 Å². The predicted molar refractivity (Wildman–Crippen MR) is 98.5 cm³/mol. The monoisotopic (exact) mass is 330 g/mol. The zero-order chi connectivity index (χ0) is 17.2. The van der Waals surface area contributed by atoms with Crippen molar-refractivity contribution in [2.45, 2.75) is 39.0 Å². The first-order valence-corrected chi connectivity index (χ1v) is 7.96. The van der Waals surface area contributed by atoms with Crippen molar-refractivity contribution >= 4 is 29.4 Å². The summed E-state index contributed by atoms with van der Waals surface area (Å²) >= 11 is 5.96. The molecule has 1 aromatic carbocycles. The predicted octanol–water partition coefficient (Wildman–Crippen LogP) is 4.41. The lowest BCUT2D eigenvalue weighted by Gasteiger charge is -2.21. The Morgan fingerprint density at radius 1 is 1.09 bits per heavy atom. The molecule has 1 heterocycles. The third-order valence-corrected chi connectivity index (χ3v) is 4.08. The smallest absolute Gasteiger partial charge is 0.222 e. The van der Waals surface area contributed by atoms with Crippen molar-refractivity contribution in [3.05, 3.63) is 52.2 Å². The first-order valence-electron chi connectivity index (χ1n) is 7.59. The van der Waals surface area contributed by atoms with Gasteiger partial charge in [-0.1, -0.05) is 63.6 Å². The summed E-state index contributed by atoms with van der Waals surface area (Å²) in [5.41, 5.74) is 14.4. The Labute approximate surface area is 142 Å². The fourth-order valence-corrected chi connectivity index (χ4v) is 2.53. The van der Waals surface area contributed by atoms with Crippen LogP contribution in [0.15, 0.2) is 30.3 Å². The summed E-state index contributed by atoms with van der Waals surface area (Å²) in [5, 5.41) is 0.729. The highest BCUT2D eigenvalue weighted by atomic mass is 35.5. The van der Waals surface area contributed by atoms with E-state index in [-0.39, 0.29) is 17.3 Å². The van der Waals surface area contributed by atoms with Crippen LogP contribution in [0.5, 0.6) is 0 Å². The largest absolute Gasteiger partial charge is 0.383 e. The molecule has 0 saturated heterocycles. The Balaban J connectivity index is 2.41. The molecule has 1 aromatic heterocycles. The molecule has 0 aliphatic rings. The Morgan fingerprint density at radius 3 is 2.26 bits per heavy atom. The highest BCUT2D eigenvalue weighted by Crippen LogP contribution is 2.29. The van der Waals surface area contributed by atoms with Gasteiger partial charge in [0.15, 0.2) is 0 Å². The summed E-state index contributed by atoms with van der Waals surface area (Å²) in [6.07, 6.45) is 4.09. The summed E-state index contributed by atoms with van der Waals surface area (Å²) in [6, 6.07) is 7.84. The van der Waals surface area contributed by atoms with E-state index in [2.05, 4.69) is 43.7 Å². The second kappa shape index (κ2) is 6.59. The topological polar surface area (TPSA) is 77.8 Å². The zero-order valence-electron chi connectivity index (χ0n) is 14.0. The molecule has 0 aliphatic carbocycles. The average Bonchev–Trinajstić information content (AvgIpc) is 2.45. The number of nitrogens with zero attached hydrogens (tertiary/aromatic N) is 2. The van der Waals surface area contributed by atoms with E-state index in [0.29, 0.717) is 5.82 Å². The Morgan fingerprint density at radius 2 is 1.70 bits per heavy atom. The number of anilines is 2. The van der Waals surface area contributed by atoms with Crippen molar-refractivity contribution in [3.8, 4) is 0 Å². The van der Waals surface area contributed by atoms with E-state index in [4.69, 9.17) is 23.1 Å². The van der Waals surface area contributed by atoms with Crippen LogP contribution in [0.3, 0.4) is 0 Å². The van der Waals surface area contributed by atoms with Crippen molar-refractivity contribution in [2.24, 2.45) is 0 Å². The molecule has 0 spiro atoms. The molecule has 4 N–H and O–H groups in total. The van der Waals surface area contributed by atoms with Gasteiger partial charge in [0, 0.05) is 16.0 Å². The van der Waals surface area contributed by atoms with Gasteiger partial charge < -0.3 is 11.5 Å². The summed E-state index contributed by atoms with van der Waals surface area (Å²) < 4.78 is 0. The molecule has 5 heteroatoms. The molecule has 0 bridgehead atoms. The average molecular weight is 331 g/mol. The Bertz CT molecular complexity index is 719. The number of hydrogen-bond acceptors (Lipinski definition) is 4. The van der Waals surface area contributed by atoms with E-state index in [0.717, 1.165) is 16.3 Å². The summed E-state index contributed by atoms with van der Waals surface area (Å²) in [5.74, 6) is 0.825. The zero-order valence-corrected chi connectivity index (χ0v) is 14.7. The van der Waals surface area contributed by atoms with E-state index in [9.17, 15) is 0 Å². The first-order chi connectivity index (χ1) is 10.7. The lowest BCUT2D eigenvalue weighted by Crippen LogP contribution is -2.14. The number of halogens is 1. The van der Waals surface area contributed by atoms with Crippen LogP contribution in [0.4, 0.5) is 11.8 Å². The number of nitrogens with two attached hydrogens (primary N) is 2. The van der Waals surface area contributed by atoms with Crippen molar-refractivity contribution < 1.29 is 0 Å². The van der Waals surface area contributed by atoms with Crippen LogP contribution in [0.25, 0.3) is 6.08 Å². The van der Waals surface area contributed by atoms with Gasteiger partial charge >= 0.3 is 0 Å². The highest BCUT2D eigenvalue weighted by Gasteiger charge is 2.18. The SMILES string of the molecule is CC(C)c1nc(N)nc(N)c1/C=C/C(C)(C)c1ccc(Cl)cc1. The van der Waals surface area contributed by atoms with E-state index < -0.39 is 0 Å². The number of rotatable bonds is 4. The standard InChI is InChI=1S/C18H23ClN4/c1-11(2)15-14(16(20)23-17(21)22-15)9-10-18(3,4)12-5-7-13(19)8-6-12/h5-11H,1-4H3,(H4,20,21,22,23)/b10-9+. The molecule has 2 aromatic rings. The molecule has 0 aliphatic heterocycles. The third-order valence-electron chi connectivity index (χ3n) is 3.82. The number of allylic oxidation sites excluding steroid dienone is 1. The molecule has 2 rings (SSSR count). The Kier molecular flexibility index (Phi) is 4.95. The van der Waals surface area contributed by atoms with Crippen LogP contribution < -0.4 is 11.5 Å². The van der Waals surface area contributed by atoms with E-state index in [1.807, 2.05) is 30.3 Å². The molecular weight excluding hydrogens is 308 g/mol. The maximum atomic E-state index is 6.05. The number of hydrogen-bond donors (Lipinski definition) is 2. The number of benzene rings is 1. The van der Waals surface area contributed by atoms with Crippen LogP contribution >= 0.6 is 11.6 Å². The fraction of sp³-hybridized carbons (Fsp3) is 0.333. The lowest BCUT2D eigenvalue weighted by molar-refractivity contribution is 0.673. The quantitative estimate of drug-likeness (QED) is 0.870. The number of aromatic nitrogens is 2. The minimum atomic E-state index is -0.174. The minimum Gasteiger partial charge on any atom is -0.383 e. The lowest BCUT2D eigenvalue weighted by atomic mass is 9.84. The van der Waals surface area contributed by atoms with Crippen LogP contribution in [-0.4, -0.2) is 9.97 Å². The van der Waals surface area contributed by atoms with Gasteiger partial charge in [0.25, 0.3) is 0 Å². The molecule has 4 nitrogen and oxygen atoms in total. The molecule has 0 saturated carbocycles. The highest BCUT2D eigenvalue weighted by molar-refractivity contribution is 6.30. The van der Waals surface area contributed by atoms with Gasteiger partial charge in [0.1, 0.15) is 5.82 Å². The fourth-order valence-electron chi connectivity index (χ4n) is 2.40. The molecular formula is C18H23ClN4. The molecule has 0 fully saturated rings. The summed E-state index contributed by atoms with van der Waals surface area (Å²) in [7, 11) is 0. The van der Waals surface area contributed by atoms with Crippen molar-refractivity contribution in [1.29, 1.82) is 0 Å². The van der Waals surface area contributed by atoms with E-state index in [1.165, 1.54) is 5.56 Å². The molecule has 122 valence electrons. The third kappa shape index (κ3) is 4.02. The van der Waals surface area contributed by atoms with Crippen LogP contribution in [0.2, 0.25) is 5.02 Å². The molecule has 0 radical (unpaired) electrons. The van der Waals surface area contributed by atoms with Gasteiger partial charge in [-0.2, -0.15) is 4.98 Å². The minimum absolute atomic E-state index is 0.174. The normalized spacial score (nSPS) is 12.3. The van der Waals surface area contributed by atoms with Crippen LogP contribution in [-0.2, 0) is 5.41 Å². The molecule has 0 atom stereocenters. The van der Waals surface area contributed by atoms with Gasteiger partial charge in [-0.25, -0.2) is 4.98 Å². The van der Waals surface area contributed by atoms with Gasteiger partial charge in [-0.15, -0.1) is 0 Å². The van der Waals surface area contributed by atoms with E-state index >= 15 is 0 Å². The Hall–Kier alpha value is -2.07. The summed E-state index contributed by atoms with van der Waals surface area (Å²) in [6.45, 7) is 8.39. The molecule has 0 unspecified atom stereocenters. The van der Waals surface area contributed by atoms with Gasteiger partial charge in [-0.3, -0.25) is 0 Å². The van der Waals surface area contributed by atoms with Gasteiger partial charge in [0.2, 0.25) is 5.95 Å². The number of nitrogen functional groups attached to an aromatic ring is 2. The van der Waals surface area contributed by atoms with Crippen molar-refractivity contribution in [1.82, 2.24) is 9.97 Å². The van der Waals surface area contributed by atoms with Gasteiger partial charge in [0.05, 0.1) is 5.69 Å². The maximum absolute atomic E-state index is 6.05. The second-order valence-corrected chi connectivity index (χ2v) is 6.92. The molecule has 0 amide bonds. The molecule has 23 heavy (non-hydrogen) atoms. The second-order valence-electron chi connectivity index (χ2n) is 6.48. The van der Waals surface area contributed by atoms with Crippen LogP contribution in [0.1, 0.15) is 50.4 Å². The van der Waals surface area contributed by atoms with Crippen molar-refractivity contribution in [3.63, 3.8) is 0 Å². The first kappa shape index (κ1) is 17.3. The maximum Gasteiger partial charge on any atom is 0.222 e. The van der Waals surface area contributed by atoms with E-state index in [1.54, 1.807) is 0 Å².